The van der Waals surface area contributed by atoms with E-state index >= 15 is 0 Å². The number of rotatable bonds is 2. The summed E-state index contributed by atoms with van der Waals surface area (Å²) in [5, 5.41) is 0.671. The van der Waals surface area contributed by atoms with E-state index in [0.717, 1.165) is 22.4 Å². The quantitative estimate of drug-likeness (QED) is 0.531. The first-order chi connectivity index (χ1) is 11.0. The topological polar surface area (TPSA) is 20.3 Å². The zero-order valence-electron chi connectivity index (χ0n) is 12.7. The smallest absolute Gasteiger partial charge is 0.268 e. The van der Waals surface area contributed by atoms with E-state index in [1.807, 2.05) is 50.3 Å². The Labute approximate surface area is 150 Å². The Kier molecular flexibility index (Phi) is 4.57. The van der Waals surface area contributed by atoms with Crippen LogP contribution in [0.3, 0.4) is 0 Å². The lowest BCUT2D eigenvalue weighted by molar-refractivity contribution is -0.113. The highest BCUT2D eigenvalue weighted by molar-refractivity contribution is 8.27. The fourth-order valence-electron chi connectivity index (χ4n) is 2.35. The molecule has 1 amide bonds. The predicted octanol–water partition coefficient (Wildman–Crippen LogP) is 5.36. The van der Waals surface area contributed by atoms with Gasteiger partial charge in [0.1, 0.15) is 0 Å². The second-order valence-corrected chi connectivity index (χ2v) is 7.47. The summed E-state index contributed by atoms with van der Waals surface area (Å²) in [7, 11) is 0. The molecular weight excluding hydrogens is 346 g/mol. The molecule has 3 rings (SSSR count). The van der Waals surface area contributed by atoms with Crippen molar-refractivity contribution in [2.24, 2.45) is 0 Å². The first-order valence-electron chi connectivity index (χ1n) is 7.06. The zero-order valence-corrected chi connectivity index (χ0v) is 15.1. The molecule has 1 heterocycles. The summed E-state index contributed by atoms with van der Waals surface area (Å²) in [6.45, 7) is 3.99. The first-order valence-corrected chi connectivity index (χ1v) is 8.67. The van der Waals surface area contributed by atoms with Crippen molar-refractivity contribution < 1.29 is 4.79 Å². The van der Waals surface area contributed by atoms with Crippen molar-refractivity contribution in [3.05, 3.63) is 69.1 Å². The van der Waals surface area contributed by atoms with E-state index in [-0.39, 0.29) is 5.91 Å². The maximum Gasteiger partial charge on any atom is 0.270 e. The summed E-state index contributed by atoms with van der Waals surface area (Å²) in [5.41, 5.74) is 3.91. The van der Waals surface area contributed by atoms with Gasteiger partial charge in [0.25, 0.3) is 5.91 Å². The number of thioether (sulfide) groups is 1. The van der Waals surface area contributed by atoms with Crippen molar-refractivity contribution in [1.29, 1.82) is 0 Å². The molecule has 1 fully saturated rings. The standard InChI is InChI=1S/C18H14ClNOS2/c1-11-3-4-12(2)15(9-11)20-17(21)16(23-18(20)22)10-13-5-7-14(19)8-6-13/h3-10H,1-2H3/b16-10-. The van der Waals surface area contributed by atoms with Gasteiger partial charge < -0.3 is 0 Å². The minimum Gasteiger partial charge on any atom is -0.268 e. The third kappa shape index (κ3) is 3.34. The fourth-order valence-corrected chi connectivity index (χ4v) is 3.76. The lowest BCUT2D eigenvalue weighted by Gasteiger charge is -2.17. The van der Waals surface area contributed by atoms with Crippen molar-refractivity contribution >= 4 is 57.6 Å². The molecule has 23 heavy (non-hydrogen) atoms. The van der Waals surface area contributed by atoms with Crippen molar-refractivity contribution in [1.82, 2.24) is 0 Å². The number of aryl methyl sites for hydroxylation is 2. The predicted molar refractivity (Wildman–Crippen MR) is 103 cm³/mol. The van der Waals surface area contributed by atoms with Crippen LogP contribution in [-0.4, -0.2) is 10.2 Å². The number of carbonyl (C=O) groups excluding carboxylic acids is 1. The molecule has 0 bridgehead atoms. The Hall–Kier alpha value is -1.62. The molecule has 2 aromatic rings. The summed E-state index contributed by atoms with van der Waals surface area (Å²) >= 11 is 12.6. The highest BCUT2D eigenvalue weighted by Gasteiger charge is 2.34. The van der Waals surface area contributed by atoms with Gasteiger partial charge >= 0.3 is 0 Å². The molecule has 1 aliphatic heterocycles. The van der Waals surface area contributed by atoms with E-state index in [2.05, 4.69) is 0 Å². The molecule has 0 unspecified atom stereocenters. The van der Waals surface area contributed by atoms with Gasteiger partial charge in [0, 0.05) is 5.02 Å². The first kappa shape index (κ1) is 16.2. The second kappa shape index (κ2) is 6.48. The number of hydrogen-bond donors (Lipinski definition) is 0. The number of nitrogens with zero attached hydrogens (tertiary/aromatic N) is 1. The van der Waals surface area contributed by atoms with Crippen molar-refractivity contribution in [3.8, 4) is 0 Å². The van der Waals surface area contributed by atoms with Crippen LogP contribution in [-0.2, 0) is 4.79 Å². The second-order valence-electron chi connectivity index (χ2n) is 5.36. The Morgan fingerprint density at radius 2 is 1.83 bits per heavy atom. The number of carbonyl (C=O) groups is 1. The normalized spacial score (nSPS) is 16.5. The maximum absolute atomic E-state index is 12.8. The Morgan fingerprint density at radius 1 is 1.13 bits per heavy atom. The van der Waals surface area contributed by atoms with Crippen LogP contribution in [0.25, 0.3) is 6.08 Å². The van der Waals surface area contributed by atoms with Crippen LogP contribution in [0.1, 0.15) is 16.7 Å². The van der Waals surface area contributed by atoms with Crippen molar-refractivity contribution in [2.45, 2.75) is 13.8 Å². The summed E-state index contributed by atoms with van der Waals surface area (Å²) in [6, 6.07) is 13.4. The third-order valence-electron chi connectivity index (χ3n) is 3.57. The number of benzene rings is 2. The summed E-state index contributed by atoms with van der Waals surface area (Å²) in [6.07, 6.45) is 1.85. The molecule has 116 valence electrons. The lowest BCUT2D eigenvalue weighted by Crippen LogP contribution is -2.28. The van der Waals surface area contributed by atoms with Crippen LogP contribution in [0.4, 0.5) is 5.69 Å². The number of halogens is 1. The summed E-state index contributed by atoms with van der Waals surface area (Å²) < 4.78 is 0.559. The molecule has 1 aliphatic rings. The minimum absolute atomic E-state index is 0.0800. The Balaban J connectivity index is 1.97. The van der Waals surface area contributed by atoms with E-state index in [1.165, 1.54) is 11.8 Å². The average Bonchev–Trinajstić information content (AvgIpc) is 2.78. The minimum atomic E-state index is -0.0800. The highest BCUT2D eigenvalue weighted by Crippen LogP contribution is 2.37. The van der Waals surface area contributed by atoms with Gasteiger partial charge in [0.2, 0.25) is 0 Å². The molecule has 1 saturated heterocycles. The average molecular weight is 360 g/mol. The molecular formula is C18H14ClNOS2. The highest BCUT2D eigenvalue weighted by atomic mass is 35.5. The number of hydrogen-bond acceptors (Lipinski definition) is 3. The Morgan fingerprint density at radius 3 is 2.52 bits per heavy atom. The largest absolute Gasteiger partial charge is 0.270 e. The van der Waals surface area contributed by atoms with Gasteiger partial charge in [-0.2, -0.15) is 0 Å². The van der Waals surface area contributed by atoms with E-state index in [0.29, 0.717) is 14.2 Å². The van der Waals surface area contributed by atoms with Gasteiger partial charge in [-0.05, 0) is 54.8 Å². The van der Waals surface area contributed by atoms with Gasteiger partial charge in [-0.1, -0.05) is 59.8 Å². The zero-order chi connectivity index (χ0) is 16.6. The van der Waals surface area contributed by atoms with Crippen molar-refractivity contribution in [2.75, 3.05) is 4.90 Å². The maximum atomic E-state index is 12.8. The molecule has 0 radical (unpaired) electrons. The lowest BCUT2D eigenvalue weighted by atomic mass is 10.1. The van der Waals surface area contributed by atoms with Gasteiger partial charge in [0.05, 0.1) is 10.6 Å². The van der Waals surface area contributed by atoms with Crippen LogP contribution in [0.5, 0.6) is 0 Å². The molecule has 0 spiro atoms. The van der Waals surface area contributed by atoms with E-state index < -0.39 is 0 Å². The fraction of sp³-hybridized carbons (Fsp3) is 0.111. The molecule has 0 saturated carbocycles. The summed E-state index contributed by atoms with van der Waals surface area (Å²) in [4.78, 5) is 15.0. The van der Waals surface area contributed by atoms with Crippen LogP contribution in [0.2, 0.25) is 5.02 Å². The number of thiocarbonyl (C=S) groups is 1. The SMILES string of the molecule is Cc1ccc(C)c(N2C(=O)/C(=C/c3ccc(Cl)cc3)SC2=S)c1. The molecule has 2 aromatic carbocycles. The van der Waals surface area contributed by atoms with E-state index in [9.17, 15) is 4.79 Å². The van der Waals surface area contributed by atoms with Gasteiger partial charge in [-0.25, -0.2) is 0 Å². The molecule has 0 aliphatic carbocycles. The van der Waals surface area contributed by atoms with Gasteiger partial charge in [-0.15, -0.1) is 0 Å². The monoisotopic (exact) mass is 359 g/mol. The molecule has 2 nitrogen and oxygen atoms in total. The number of amides is 1. The Bertz CT molecular complexity index is 827. The molecule has 5 heteroatoms. The van der Waals surface area contributed by atoms with Crippen LogP contribution in [0.15, 0.2) is 47.4 Å². The third-order valence-corrected chi connectivity index (χ3v) is 5.12. The molecule has 0 N–H and O–H groups in total. The van der Waals surface area contributed by atoms with Crippen LogP contribution >= 0.6 is 35.6 Å². The van der Waals surface area contributed by atoms with Crippen molar-refractivity contribution in [3.63, 3.8) is 0 Å². The summed E-state index contributed by atoms with van der Waals surface area (Å²) in [5.74, 6) is -0.0800. The van der Waals surface area contributed by atoms with Gasteiger partial charge in [0.15, 0.2) is 4.32 Å². The van der Waals surface area contributed by atoms with Crippen LogP contribution in [0, 0.1) is 13.8 Å². The molecule has 0 aromatic heterocycles. The number of anilines is 1. The van der Waals surface area contributed by atoms with Crippen LogP contribution < -0.4 is 4.90 Å². The van der Waals surface area contributed by atoms with E-state index in [1.54, 1.807) is 17.0 Å². The van der Waals surface area contributed by atoms with Gasteiger partial charge in [-0.3, -0.25) is 9.69 Å². The molecule has 0 atom stereocenters. The van der Waals surface area contributed by atoms with E-state index in [4.69, 9.17) is 23.8 Å².